The Bertz CT molecular complexity index is 598. The Labute approximate surface area is 296 Å². The summed E-state index contributed by atoms with van der Waals surface area (Å²) in [5.41, 5.74) is 0. The standard InChI is InChI=1S/C43H87NO3/c1-4-7-10-13-15-16-17-18-19-20-21-22-23-24-28-33-38-44(40-41-45)39-34-29-25-27-32-37-43(46)47-42(35-30-12-9-6-3)36-31-26-14-11-8-5-2/h42,45H,4-41H2,1-3H3. The van der Waals surface area contributed by atoms with Crippen LogP contribution in [0.4, 0.5) is 0 Å². The maximum absolute atomic E-state index is 12.6. The lowest BCUT2D eigenvalue weighted by molar-refractivity contribution is -0.150. The van der Waals surface area contributed by atoms with Crippen LogP contribution in [0, 0.1) is 0 Å². The van der Waals surface area contributed by atoms with Crippen LogP contribution in [0.3, 0.4) is 0 Å². The molecule has 4 nitrogen and oxygen atoms in total. The Balaban J connectivity index is 3.80. The highest BCUT2D eigenvalue weighted by atomic mass is 16.5. The van der Waals surface area contributed by atoms with Gasteiger partial charge >= 0.3 is 5.97 Å². The van der Waals surface area contributed by atoms with Crippen molar-refractivity contribution in [1.82, 2.24) is 4.90 Å². The largest absolute Gasteiger partial charge is 0.462 e. The molecule has 0 aromatic rings. The lowest BCUT2D eigenvalue weighted by Gasteiger charge is -2.21. The number of unbranched alkanes of at least 4 members (excludes halogenated alkanes) is 27. The highest BCUT2D eigenvalue weighted by Crippen LogP contribution is 2.18. The molecule has 1 unspecified atom stereocenters. The molecule has 0 aromatic heterocycles. The SMILES string of the molecule is CCCCCCCCCCCCCCCCCCN(CCO)CCCCCCCC(=O)OC(CCCCCC)CCCCCCCC. The fourth-order valence-electron chi connectivity index (χ4n) is 6.95. The van der Waals surface area contributed by atoms with Gasteiger partial charge in [-0.05, 0) is 58.0 Å². The van der Waals surface area contributed by atoms with E-state index in [1.165, 1.54) is 186 Å². The summed E-state index contributed by atoms with van der Waals surface area (Å²) >= 11 is 0. The second kappa shape index (κ2) is 39.8. The van der Waals surface area contributed by atoms with E-state index in [0.717, 1.165) is 45.3 Å². The number of hydrogen-bond acceptors (Lipinski definition) is 4. The van der Waals surface area contributed by atoms with Crippen molar-refractivity contribution in [2.45, 2.75) is 245 Å². The van der Waals surface area contributed by atoms with Gasteiger partial charge in [-0.25, -0.2) is 0 Å². The summed E-state index contributed by atoms with van der Waals surface area (Å²) in [6.07, 6.45) is 43.8. The Morgan fingerprint density at radius 3 is 1.15 bits per heavy atom. The van der Waals surface area contributed by atoms with Crippen molar-refractivity contribution in [3.05, 3.63) is 0 Å². The molecule has 0 aliphatic rings. The molecule has 0 saturated carbocycles. The molecule has 0 aromatic carbocycles. The van der Waals surface area contributed by atoms with Crippen molar-refractivity contribution >= 4 is 5.97 Å². The summed E-state index contributed by atoms with van der Waals surface area (Å²) in [5.74, 6) is 0.0319. The van der Waals surface area contributed by atoms with E-state index in [2.05, 4.69) is 25.7 Å². The molecule has 1 atom stereocenters. The average molecular weight is 666 g/mol. The first kappa shape index (κ1) is 46.4. The smallest absolute Gasteiger partial charge is 0.306 e. The van der Waals surface area contributed by atoms with E-state index in [-0.39, 0.29) is 18.7 Å². The quantitative estimate of drug-likeness (QED) is 0.0523. The molecule has 0 saturated heterocycles. The summed E-state index contributed by atoms with van der Waals surface area (Å²) in [6, 6.07) is 0. The first-order valence-electron chi connectivity index (χ1n) is 21.7. The van der Waals surface area contributed by atoms with Crippen LogP contribution in [0.1, 0.15) is 239 Å². The van der Waals surface area contributed by atoms with E-state index in [4.69, 9.17) is 4.74 Å². The Hall–Kier alpha value is -0.610. The van der Waals surface area contributed by atoms with Crippen LogP contribution in [0.25, 0.3) is 0 Å². The van der Waals surface area contributed by atoms with Gasteiger partial charge in [0.05, 0.1) is 6.61 Å². The fourth-order valence-corrected chi connectivity index (χ4v) is 6.95. The number of rotatable bonds is 40. The second-order valence-corrected chi connectivity index (χ2v) is 14.9. The predicted molar refractivity (Wildman–Crippen MR) is 207 cm³/mol. The third kappa shape index (κ3) is 36.5. The first-order chi connectivity index (χ1) is 23.2. The van der Waals surface area contributed by atoms with Gasteiger partial charge in [-0.3, -0.25) is 4.79 Å². The zero-order chi connectivity index (χ0) is 34.3. The Morgan fingerprint density at radius 2 is 0.766 bits per heavy atom. The minimum atomic E-state index is 0.0319. The molecular weight excluding hydrogens is 578 g/mol. The Morgan fingerprint density at radius 1 is 0.447 bits per heavy atom. The zero-order valence-corrected chi connectivity index (χ0v) is 32.7. The Kier molecular flexibility index (Phi) is 39.3. The number of ether oxygens (including phenoxy) is 1. The van der Waals surface area contributed by atoms with Gasteiger partial charge in [0.15, 0.2) is 0 Å². The van der Waals surface area contributed by atoms with Gasteiger partial charge in [0.2, 0.25) is 0 Å². The molecule has 0 aliphatic carbocycles. The lowest BCUT2D eigenvalue weighted by Crippen LogP contribution is -2.29. The highest BCUT2D eigenvalue weighted by molar-refractivity contribution is 5.69. The predicted octanol–water partition coefficient (Wildman–Crippen LogP) is 13.5. The molecule has 0 fully saturated rings. The van der Waals surface area contributed by atoms with Crippen molar-refractivity contribution in [2.24, 2.45) is 0 Å². The van der Waals surface area contributed by atoms with Crippen LogP contribution in [0.2, 0.25) is 0 Å². The van der Waals surface area contributed by atoms with Crippen molar-refractivity contribution in [1.29, 1.82) is 0 Å². The lowest BCUT2D eigenvalue weighted by atomic mass is 10.0. The number of esters is 1. The maximum atomic E-state index is 12.6. The van der Waals surface area contributed by atoms with Gasteiger partial charge in [0.25, 0.3) is 0 Å². The van der Waals surface area contributed by atoms with Crippen LogP contribution in [-0.2, 0) is 9.53 Å². The normalized spacial score (nSPS) is 12.3. The molecule has 0 amide bonds. The van der Waals surface area contributed by atoms with Gasteiger partial charge in [-0.2, -0.15) is 0 Å². The summed E-state index contributed by atoms with van der Waals surface area (Å²) in [6.45, 7) is 10.1. The van der Waals surface area contributed by atoms with Crippen LogP contribution < -0.4 is 0 Å². The molecule has 0 heterocycles. The van der Waals surface area contributed by atoms with Gasteiger partial charge in [-0.1, -0.05) is 188 Å². The van der Waals surface area contributed by atoms with Gasteiger partial charge < -0.3 is 14.7 Å². The number of carbonyl (C=O) groups is 1. The molecule has 0 radical (unpaired) electrons. The third-order valence-corrected chi connectivity index (χ3v) is 10.2. The van der Waals surface area contributed by atoms with Crippen molar-refractivity contribution in [3.63, 3.8) is 0 Å². The van der Waals surface area contributed by atoms with Crippen LogP contribution in [0.5, 0.6) is 0 Å². The fraction of sp³-hybridized carbons (Fsp3) is 0.977. The van der Waals surface area contributed by atoms with Crippen molar-refractivity contribution < 1.29 is 14.6 Å². The monoisotopic (exact) mass is 666 g/mol. The number of nitrogens with zero attached hydrogens (tertiary/aromatic N) is 1. The molecule has 0 bridgehead atoms. The van der Waals surface area contributed by atoms with Crippen molar-refractivity contribution in [3.8, 4) is 0 Å². The van der Waals surface area contributed by atoms with E-state index in [1.54, 1.807) is 0 Å². The van der Waals surface area contributed by atoms with Gasteiger partial charge in [0.1, 0.15) is 6.10 Å². The van der Waals surface area contributed by atoms with E-state index < -0.39 is 0 Å². The molecule has 1 N–H and O–H groups in total. The van der Waals surface area contributed by atoms with Gasteiger partial charge in [-0.15, -0.1) is 0 Å². The zero-order valence-electron chi connectivity index (χ0n) is 32.7. The minimum absolute atomic E-state index is 0.0319. The van der Waals surface area contributed by atoms with E-state index in [1.807, 2.05) is 0 Å². The number of hydrogen-bond donors (Lipinski definition) is 1. The van der Waals surface area contributed by atoms with Crippen LogP contribution >= 0.6 is 0 Å². The molecule has 282 valence electrons. The minimum Gasteiger partial charge on any atom is -0.462 e. The number of aliphatic hydroxyl groups is 1. The summed E-state index contributed by atoms with van der Waals surface area (Å²) in [5, 5.41) is 9.54. The summed E-state index contributed by atoms with van der Waals surface area (Å²) < 4.78 is 5.98. The highest BCUT2D eigenvalue weighted by Gasteiger charge is 2.14. The van der Waals surface area contributed by atoms with Crippen LogP contribution in [0.15, 0.2) is 0 Å². The van der Waals surface area contributed by atoms with E-state index in [0.29, 0.717) is 6.42 Å². The number of aliphatic hydroxyl groups excluding tert-OH is 1. The summed E-state index contributed by atoms with van der Waals surface area (Å²) in [7, 11) is 0. The van der Waals surface area contributed by atoms with E-state index in [9.17, 15) is 9.90 Å². The second-order valence-electron chi connectivity index (χ2n) is 14.9. The molecule has 0 spiro atoms. The van der Waals surface area contributed by atoms with E-state index >= 15 is 0 Å². The molecule has 47 heavy (non-hydrogen) atoms. The molecule has 4 heteroatoms. The van der Waals surface area contributed by atoms with Crippen molar-refractivity contribution in [2.75, 3.05) is 26.2 Å². The average Bonchev–Trinajstić information content (AvgIpc) is 3.07. The molecule has 0 rings (SSSR count). The molecule has 0 aliphatic heterocycles. The maximum Gasteiger partial charge on any atom is 0.306 e. The van der Waals surface area contributed by atoms with Crippen LogP contribution in [-0.4, -0.2) is 48.3 Å². The topological polar surface area (TPSA) is 49.8 Å². The third-order valence-electron chi connectivity index (χ3n) is 10.2. The first-order valence-corrected chi connectivity index (χ1v) is 21.7. The summed E-state index contributed by atoms with van der Waals surface area (Å²) in [4.78, 5) is 15.1. The molecular formula is C43H87NO3. The number of carbonyl (C=O) groups excluding carboxylic acids is 1. The van der Waals surface area contributed by atoms with Gasteiger partial charge in [0, 0.05) is 13.0 Å².